The summed E-state index contributed by atoms with van der Waals surface area (Å²) in [5.74, 6) is 0.0953. The lowest BCUT2D eigenvalue weighted by Gasteiger charge is -2.18. The number of aromatic amines is 1. The van der Waals surface area contributed by atoms with E-state index >= 15 is 0 Å². The summed E-state index contributed by atoms with van der Waals surface area (Å²) in [5, 5.41) is 1.06. The lowest BCUT2D eigenvalue weighted by molar-refractivity contribution is -0.129. The molecule has 26 heavy (non-hydrogen) atoms. The van der Waals surface area contributed by atoms with Gasteiger partial charge < -0.3 is 14.6 Å². The summed E-state index contributed by atoms with van der Waals surface area (Å²) in [4.78, 5) is 17.5. The van der Waals surface area contributed by atoms with Crippen LogP contribution in [0.25, 0.3) is 10.9 Å². The first-order valence-electron chi connectivity index (χ1n) is 8.28. The molecule has 0 radical (unpaired) electrons. The quantitative estimate of drug-likeness (QED) is 0.715. The zero-order valence-electron chi connectivity index (χ0n) is 14.6. The van der Waals surface area contributed by atoms with Gasteiger partial charge >= 0.3 is 6.61 Å². The number of nitrogens with one attached hydrogen (secondary N) is 1. The highest BCUT2D eigenvalue weighted by atomic mass is 19.3. The molecule has 0 atom stereocenters. The minimum atomic E-state index is -2.84. The van der Waals surface area contributed by atoms with Crippen LogP contribution in [0.15, 0.2) is 48.5 Å². The summed E-state index contributed by atoms with van der Waals surface area (Å²) in [6.07, 6.45) is 0.304. The number of nitrogens with zero attached hydrogens (tertiary/aromatic N) is 1. The number of hydrogen-bond acceptors (Lipinski definition) is 2. The molecule has 0 aliphatic heterocycles. The molecule has 3 rings (SSSR count). The second-order valence-electron chi connectivity index (χ2n) is 6.22. The maximum atomic E-state index is 12.6. The number of H-pyrrole nitrogens is 1. The van der Waals surface area contributed by atoms with Crippen LogP contribution < -0.4 is 4.74 Å². The molecule has 6 heteroatoms. The lowest BCUT2D eigenvalue weighted by atomic mass is 10.1. The summed E-state index contributed by atoms with van der Waals surface area (Å²) < 4.78 is 28.7. The number of aryl methyl sites for hydroxylation is 1. The predicted molar refractivity (Wildman–Crippen MR) is 96.3 cm³/mol. The number of aromatic nitrogens is 1. The Hall–Kier alpha value is -2.89. The van der Waals surface area contributed by atoms with Crippen molar-refractivity contribution >= 4 is 16.8 Å². The van der Waals surface area contributed by atoms with Crippen LogP contribution in [-0.4, -0.2) is 29.5 Å². The molecule has 0 unspecified atom stereocenters. The van der Waals surface area contributed by atoms with Gasteiger partial charge in [-0.05, 0) is 36.2 Å². The van der Waals surface area contributed by atoms with Crippen LogP contribution in [-0.2, 0) is 17.8 Å². The van der Waals surface area contributed by atoms with Crippen LogP contribution in [0.5, 0.6) is 5.75 Å². The fraction of sp³-hybridized carbons (Fsp3) is 0.250. The van der Waals surface area contributed by atoms with Gasteiger partial charge in [-0.2, -0.15) is 8.78 Å². The number of fused-ring (bicyclic) bond motifs is 1. The molecule has 1 amide bonds. The second-order valence-corrected chi connectivity index (χ2v) is 6.22. The van der Waals surface area contributed by atoms with Gasteiger partial charge in [0.25, 0.3) is 0 Å². The second kappa shape index (κ2) is 7.56. The van der Waals surface area contributed by atoms with E-state index in [1.54, 1.807) is 24.1 Å². The zero-order valence-corrected chi connectivity index (χ0v) is 14.6. The third-order valence-corrected chi connectivity index (χ3v) is 4.35. The van der Waals surface area contributed by atoms with Crippen LogP contribution >= 0.6 is 0 Å². The van der Waals surface area contributed by atoms with E-state index in [1.807, 2.05) is 31.2 Å². The molecule has 136 valence electrons. The van der Waals surface area contributed by atoms with E-state index in [-0.39, 0.29) is 11.7 Å². The van der Waals surface area contributed by atoms with Gasteiger partial charge in [-0.1, -0.05) is 30.3 Å². The van der Waals surface area contributed by atoms with Crippen molar-refractivity contribution in [2.75, 3.05) is 7.05 Å². The summed E-state index contributed by atoms with van der Waals surface area (Å²) in [6, 6.07) is 14.2. The number of ether oxygens (including phenoxy) is 1. The Bertz CT molecular complexity index is 904. The fourth-order valence-electron chi connectivity index (χ4n) is 2.99. The van der Waals surface area contributed by atoms with E-state index in [1.165, 1.54) is 12.1 Å². The Balaban J connectivity index is 1.67. The molecule has 4 nitrogen and oxygen atoms in total. The number of likely N-dealkylation sites (N-methyl/N-ethyl adjacent to an activating group) is 1. The summed E-state index contributed by atoms with van der Waals surface area (Å²) in [5.41, 5.74) is 3.85. The van der Waals surface area contributed by atoms with Crippen LogP contribution in [0, 0.1) is 6.92 Å². The van der Waals surface area contributed by atoms with Crippen molar-refractivity contribution in [1.82, 2.24) is 9.88 Å². The molecule has 0 aliphatic rings. The Morgan fingerprint density at radius 3 is 2.54 bits per heavy atom. The Labute approximate surface area is 150 Å². The van der Waals surface area contributed by atoms with Crippen molar-refractivity contribution < 1.29 is 18.3 Å². The third kappa shape index (κ3) is 4.02. The van der Waals surface area contributed by atoms with Gasteiger partial charge in [0.15, 0.2) is 0 Å². The molecular formula is C20H20F2N2O2. The van der Waals surface area contributed by atoms with E-state index < -0.39 is 6.61 Å². The Morgan fingerprint density at radius 2 is 1.85 bits per heavy atom. The average Bonchev–Trinajstić information content (AvgIpc) is 2.92. The number of halogens is 2. The molecule has 0 saturated heterocycles. The highest BCUT2D eigenvalue weighted by Crippen LogP contribution is 2.23. The number of rotatable bonds is 6. The minimum absolute atomic E-state index is 0.00856. The predicted octanol–water partition coefficient (Wildman–Crippen LogP) is 4.28. The lowest BCUT2D eigenvalue weighted by Crippen LogP contribution is -2.27. The third-order valence-electron chi connectivity index (χ3n) is 4.35. The topological polar surface area (TPSA) is 45.3 Å². The molecule has 0 saturated carbocycles. The number of carbonyl (C=O) groups is 1. The first-order valence-corrected chi connectivity index (χ1v) is 8.28. The Morgan fingerprint density at radius 1 is 1.15 bits per heavy atom. The largest absolute Gasteiger partial charge is 0.435 e. The highest BCUT2D eigenvalue weighted by Gasteiger charge is 2.15. The van der Waals surface area contributed by atoms with Gasteiger partial charge in [-0.25, -0.2) is 0 Å². The monoisotopic (exact) mass is 358 g/mol. The SMILES string of the molecule is Cc1[nH]c2ccccc2c1CC(=O)N(C)Cc1ccc(OC(F)F)cc1. The zero-order chi connectivity index (χ0) is 18.7. The number of hydrogen-bond donors (Lipinski definition) is 1. The van der Waals surface area contributed by atoms with E-state index in [0.29, 0.717) is 13.0 Å². The number of amides is 1. The molecular weight excluding hydrogens is 338 g/mol. The molecule has 1 aromatic heterocycles. The molecule has 1 heterocycles. The average molecular weight is 358 g/mol. The number of carbonyl (C=O) groups excluding carboxylic acids is 1. The van der Waals surface area contributed by atoms with Crippen molar-refractivity contribution in [3.63, 3.8) is 0 Å². The van der Waals surface area contributed by atoms with Crippen LogP contribution in [0.2, 0.25) is 0 Å². The van der Waals surface area contributed by atoms with Gasteiger partial charge in [0.05, 0.1) is 6.42 Å². The van der Waals surface area contributed by atoms with Gasteiger partial charge in [0.1, 0.15) is 5.75 Å². The fourth-order valence-corrected chi connectivity index (χ4v) is 2.99. The van der Waals surface area contributed by atoms with E-state index in [2.05, 4.69) is 9.72 Å². The van der Waals surface area contributed by atoms with Crippen molar-refractivity contribution in [2.24, 2.45) is 0 Å². The van der Waals surface area contributed by atoms with E-state index in [0.717, 1.165) is 27.7 Å². The van der Waals surface area contributed by atoms with E-state index in [4.69, 9.17) is 0 Å². The van der Waals surface area contributed by atoms with Crippen molar-refractivity contribution in [3.8, 4) is 5.75 Å². The summed E-state index contributed by atoms with van der Waals surface area (Å²) in [7, 11) is 1.73. The molecule has 3 aromatic rings. The van der Waals surface area contributed by atoms with Crippen LogP contribution in [0.3, 0.4) is 0 Å². The smallest absolute Gasteiger partial charge is 0.387 e. The van der Waals surface area contributed by atoms with Crippen LogP contribution in [0.4, 0.5) is 8.78 Å². The van der Waals surface area contributed by atoms with E-state index in [9.17, 15) is 13.6 Å². The van der Waals surface area contributed by atoms with Crippen molar-refractivity contribution in [3.05, 3.63) is 65.4 Å². The number of benzene rings is 2. The number of para-hydroxylation sites is 1. The van der Waals surface area contributed by atoms with Gasteiger partial charge in [-0.15, -0.1) is 0 Å². The molecule has 0 fully saturated rings. The first kappa shape index (κ1) is 17.9. The molecule has 0 bridgehead atoms. The number of alkyl halides is 2. The van der Waals surface area contributed by atoms with Crippen molar-refractivity contribution in [1.29, 1.82) is 0 Å². The first-order chi connectivity index (χ1) is 12.4. The Kier molecular flexibility index (Phi) is 5.21. The van der Waals surface area contributed by atoms with Crippen molar-refractivity contribution in [2.45, 2.75) is 26.5 Å². The summed E-state index contributed by atoms with van der Waals surface area (Å²) >= 11 is 0. The van der Waals surface area contributed by atoms with Crippen LogP contribution in [0.1, 0.15) is 16.8 Å². The van der Waals surface area contributed by atoms with Gasteiger partial charge in [0, 0.05) is 30.2 Å². The summed E-state index contributed by atoms with van der Waals surface area (Å²) in [6.45, 7) is -0.482. The minimum Gasteiger partial charge on any atom is -0.435 e. The molecule has 0 spiro atoms. The molecule has 2 aromatic carbocycles. The highest BCUT2D eigenvalue weighted by molar-refractivity contribution is 5.90. The molecule has 0 aliphatic carbocycles. The normalized spacial score (nSPS) is 11.1. The maximum Gasteiger partial charge on any atom is 0.387 e. The van der Waals surface area contributed by atoms with Gasteiger partial charge in [0.2, 0.25) is 5.91 Å². The van der Waals surface area contributed by atoms with Gasteiger partial charge in [-0.3, -0.25) is 4.79 Å². The maximum absolute atomic E-state index is 12.6. The molecule has 1 N–H and O–H groups in total. The standard InChI is InChI=1S/C20H20F2N2O2/c1-13-17(16-5-3-4-6-18(16)23-13)11-19(25)24(2)12-14-7-9-15(10-8-14)26-20(21)22/h3-10,20,23H,11-12H2,1-2H3.